The normalized spacial score (nSPS) is 16.7. The molecule has 0 spiro atoms. The fourth-order valence-corrected chi connectivity index (χ4v) is 4.72. The molecule has 1 saturated heterocycles. The second-order valence-corrected chi connectivity index (χ2v) is 8.40. The second kappa shape index (κ2) is 8.22. The first-order chi connectivity index (χ1) is 15.6. The Kier molecular flexibility index (Phi) is 5.25. The predicted octanol–water partition coefficient (Wildman–Crippen LogP) is 3.98. The third kappa shape index (κ3) is 3.47. The summed E-state index contributed by atoms with van der Waals surface area (Å²) in [6.07, 6.45) is 1.68. The highest BCUT2D eigenvalue weighted by atomic mass is 16.2. The van der Waals surface area contributed by atoms with E-state index in [1.165, 1.54) is 0 Å². The molecule has 1 N–H and O–H groups in total. The Morgan fingerprint density at radius 2 is 1.84 bits per heavy atom. The van der Waals surface area contributed by atoms with E-state index < -0.39 is 0 Å². The van der Waals surface area contributed by atoms with Gasteiger partial charge in [-0.05, 0) is 57.0 Å². The van der Waals surface area contributed by atoms with Gasteiger partial charge in [0, 0.05) is 42.6 Å². The van der Waals surface area contributed by atoms with Gasteiger partial charge < -0.3 is 14.8 Å². The lowest BCUT2D eigenvalue weighted by atomic mass is 9.95. The minimum absolute atomic E-state index is 0.0351. The number of H-pyrrole nitrogens is 1. The number of piperidine rings is 1. The van der Waals surface area contributed by atoms with Crippen LogP contribution in [-0.2, 0) is 4.79 Å². The van der Waals surface area contributed by atoms with Gasteiger partial charge in [0.2, 0.25) is 5.91 Å². The smallest absolute Gasteiger partial charge is 0.253 e. The first-order valence-electron chi connectivity index (χ1n) is 11.3. The summed E-state index contributed by atoms with van der Waals surface area (Å²) in [6.45, 7) is 6.55. The zero-order valence-corrected chi connectivity index (χ0v) is 18.5. The first-order valence-corrected chi connectivity index (χ1v) is 11.3. The predicted molar refractivity (Wildman–Crippen MR) is 125 cm³/mol. The Morgan fingerprint density at radius 3 is 2.59 bits per heavy atom. The van der Waals surface area contributed by atoms with Crippen LogP contribution < -0.4 is 0 Å². The fraction of sp³-hybridized carbons (Fsp3) is 0.360. The molecule has 5 rings (SSSR count). The second-order valence-electron chi connectivity index (χ2n) is 8.40. The van der Waals surface area contributed by atoms with Crippen molar-refractivity contribution in [3.05, 3.63) is 48.0 Å². The van der Waals surface area contributed by atoms with Crippen molar-refractivity contribution in [1.29, 1.82) is 0 Å². The minimum Gasteiger partial charge on any atom is -0.343 e. The topological polar surface area (TPSA) is 82.2 Å². The van der Waals surface area contributed by atoms with E-state index >= 15 is 0 Å². The quantitative estimate of drug-likeness (QED) is 0.532. The number of aromatic nitrogens is 3. The Morgan fingerprint density at radius 1 is 1.09 bits per heavy atom. The van der Waals surface area contributed by atoms with Crippen molar-refractivity contribution >= 4 is 44.9 Å². The summed E-state index contributed by atoms with van der Waals surface area (Å²) in [5, 5.41) is 0.886. The molecule has 2 aromatic carbocycles. The van der Waals surface area contributed by atoms with E-state index in [-0.39, 0.29) is 17.7 Å². The van der Waals surface area contributed by atoms with Gasteiger partial charge in [0.05, 0.1) is 17.0 Å². The number of para-hydroxylation sites is 2. The molecule has 0 radical (unpaired) electrons. The van der Waals surface area contributed by atoms with Crippen LogP contribution in [0.3, 0.4) is 0 Å². The monoisotopic (exact) mass is 429 g/mol. The third-order valence-electron chi connectivity index (χ3n) is 6.48. The van der Waals surface area contributed by atoms with Crippen molar-refractivity contribution in [2.45, 2.75) is 26.7 Å². The summed E-state index contributed by atoms with van der Waals surface area (Å²) in [5.41, 5.74) is 4.66. The van der Waals surface area contributed by atoms with Crippen molar-refractivity contribution in [3.63, 3.8) is 0 Å². The summed E-state index contributed by atoms with van der Waals surface area (Å²) >= 11 is 0. The van der Waals surface area contributed by atoms with Crippen LogP contribution in [0.2, 0.25) is 0 Å². The van der Waals surface area contributed by atoms with Gasteiger partial charge in [-0.25, -0.2) is 9.97 Å². The SMILES string of the molecule is CCN(CC)C(=O)[C@H]1CCCN(C(=O)c2ccc3[nH]c4nc5ccccc5nc4c3c2)C1. The molecule has 164 valence electrons. The highest BCUT2D eigenvalue weighted by Gasteiger charge is 2.31. The van der Waals surface area contributed by atoms with Crippen molar-refractivity contribution in [3.8, 4) is 0 Å². The molecule has 0 unspecified atom stereocenters. The molecule has 3 heterocycles. The van der Waals surface area contributed by atoms with E-state index in [1.807, 2.05) is 66.1 Å². The lowest BCUT2D eigenvalue weighted by Gasteiger charge is -2.34. The molecule has 1 aliphatic heterocycles. The molecule has 1 fully saturated rings. The van der Waals surface area contributed by atoms with Crippen molar-refractivity contribution in [2.24, 2.45) is 5.92 Å². The molecule has 2 amide bonds. The molecule has 2 aromatic heterocycles. The van der Waals surface area contributed by atoms with Crippen molar-refractivity contribution < 1.29 is 9.59 Å². The van der Waals surface area contributed by atoms with E-state index in [0.717, 1.165) is 40.3 Å². The highest BCUT2D eigenvalue weighted by Crippen LogP contribution is 2.27. The zero-order valence-electron chi connectivity index (χ0n) is 18.5. The molecular formula is C25H27N5O2. The van der Waals surface area contributed by atoms with Gasteiger partial charge in [0.15, 0.2) is 5.65 Å². The molecule has 1 atom stereocenters. The number of carbonyl (C=O) groups excluding carboxylic acids is 2. The molecular weight excluding hydrogens is 402 g/mol. The van der Waals surface area contributed by atoms with Crippen LogP contribution in [0.4, 0.5) is 0 Å². The average molecular weight is 430 g/mol. The van der Waals surface area contributed by atoms with E-state index in [4.69, 9.17) is 4.98 Å². The standard InChI is InChI=1S/C25H27N5O2/c1-3-29(4-2)25(32)17-8-7-13-30(15-17)24(31)16-11-12-19-18(14-16)22-23(27-19)28-21-10-6-5-9-20(21)26-22/h5-6,9-12,14,17H,3-4,7-8,13,15H2,1-2H3,(H,27,28)/t17-/m0/s1. The van der Waals surface area contributed by atoms with Crippen LogP contribution >= 0.6 is 0 Å². The number of benzene rings is 2. The maximum Gasteiger partial charge on any atom is 0.253 e. The van der Waals surface area contributed by atoms with Crippen LogP contribution in [0.25, 0.3) is 33.1 Å². The van der Waals surface area contributed by atoms with Gasteiger partial charge in [-0.2, -0.15) is 0 Å². The molecule has 7 nitrogen and oxygen atoms in total. The number of hydrogen-bond donors (Lipinski definition) is 1. The highest BCUT2D eigenvalue weighted by molar-refractivity contribution is 6.08. The largest absolute Gasteiger partial charge is 0.343 e. The number of carbonyl (C=O) groups is 2. The van der Waals surface area contributed by atoms with E-state index in [1.54, 1.807) is 0 Å². The van der Waals surface area contributed by atoms with Gasteiger partial charge >= 0.3 is 0 Å². The number of fused-ring (bicyclic) bond motifs is 4. The summed E-state index contributed by atoms with van der Waals surface area (Å²) < 4.78 is 0. The number of nitrogens with zero attached hydrogens (tertiary/aromatic N) is 4. The molecule has 4 aromatic rings. The third-order valence-corrected chi connectivity index (χ3v) is 6.48. The van der Waals surface area contributed by atoms with Gasteiger partial charge in [-0.15, -0.1) is 0 Å². The molecule has 1 aliphatic rings. The first kappa shape index (κ1) is 20.4. The van der Waals surface area contributed by atoms with Gasteiger partial charge in [-0.3, -0.25) is 9.59 Å². The van der Waals surface area contributed by atoms with Crippen molar-refractivity contribution in [1.82, 2.24) is 24.8 Å². The van der Waals surface area contributed by atoms with Gasteiger partial charge in [-0.1, -0.05) is 12.1 Å². The van der Waals surface area contributed by atoms with Crippen LogP contribution in [-0.4, -0.2) is 62.7 Å². The maximum absolute atomic E-state index is 13.3. The number of aromatic amines is 1. The van der Waals surface area contributed by atoms with Crippen LogP contribution in [0.15, 0.2) is 42.5 Å². The Bertz CT molecular complexity index is 1320. The van der Waals surface area contributed by atoms with Crippen LogP contribution in [0.1, 0.15) is 37.0 Å². The number of nitrogens with one attached hydrogen (secondary N) is 1. The number of hydrogen-bond acceptors (Lipinski definition) is 4. The molecule has 7 heteroatoms. The fourth-order valence-electron chi connectivity index (χ4n) is 4.72. The Hall–Kier alpha value is -3.48. The maximum atomic E-state index is 13.3. The van der Waals surface area contributed by atoms with E-state index in [9.17, 15) is 9.59 Å². The molecule has 0 bridgehead atoms. The van der Waals surface area contributed by atoms with Crippen LogP contribution in [0, 0.1) is 5.92 Å². The van der Waals surface area contributed by atoms with E-state index in [0.29, 0.717) is 37.4 Å². The summed E-state index contributed by atoms with van der Waals surface area (Å²) in [6, 6.07) is 13.4. The van der Waals surface area contributed by atoms with Crippen LogP contribution in [0.5, 0.6) is 0 Å². The van der Waals surface area contributed by atoms with E-state index in [2.05, 4.69) is 9.97 Å². The number of likely N-dealkylation sites (tertiary alicyclic amines) is 1. The Labute approximate surface area is 186 Å². The molecule has 0 saturated carbocycles. The van der Waals surface area contributed by atoms with Gasteiger partial charge in [0.25, 0.3) is 5.91 Å². The molecule has 32 heavy (non-hydrogen) atoms. The van der Waals surface area contributed by atoms with Gasteiger partial charge in [0.1, 0.15) is 5.52 Å². The lowest BCUT2D eigenvalue weighted by molar-refractivity contribution is -0.136. The number of rotatable bonds is 4. The summed E-state index contributed by atoms with van der Waals surface area (Å²) in [7, 11) is 0. The summed E-state index contributed by atoms with van der Waals surface area (Å²) in [5.74, 6) is -0.00423. The number of amides is 2. The molecule has 0 aliphatic carbocycles. The zero-order chi connectivity index (χ0) is 22.2. The minimum atomic E-state index is -0.123. The Balaban J connectivity index is 1.46. The summed E-state index contributed by atoms with van der Waals surface area (Å²) in [4.78, 5) is 42.6. The van der Waals surface area contributed by atoms with Crippen molar-refractivity contribution in [2.75, 3.05) is 26.2 Å². The lowest BCUT2D eigenvalue weighted by Crippen LogP contribution is -2.46. The average Bonchev–Trinajstić information content (AvgIpc) is 3.19.